The smallest absolute Gasteiger partial charge is 0.341 e. The molecule has 2 heterocycles. The number of aryl methyl sites for hydroxylation is 2. The van der Waals surface area contributed by atoms with Gasteiger partial charge in [-0.2, -0.15) is 5.10 Å². The molecule has 0 spiro atoms. The molecule has 27 heavy (non-hydrogen) atoms. The fourth-order valence-corrected chi connectivity index (χ4v) is 4.90. The molecule has 0 bridgehead atoms. The lowest BCUT2D eigenvalue weighted by atomic mass is 9.96. The van der Waals surface area contributed by atoms with E-state index >= 15 is 0 Å². The van der Waals surface area contributed by atoms with Crippen molar-refractivity contribution in [1.29, 1.82) is 0 Å². The Morgan fingerprint density at radius 1 is 1.33 bits per heavy atom. The van der Waals surface area contributed by atoms with Crippen molar-refractivity contribution in [3.8, 4) is 0 Å². The quantitative estimate of drug-likeness (QED) is 0.432. The van der Waals surface area contributed by atoms with Gasteiger partial charge in [-0.25, -0.2) is 4.79 Å². The average Bonchev–Trinajstić information content (AvgIpc) is 3.26. The summed E-state index contributed by atoms with van der Waals surface area (Å²) in [5.41, 5.74) is 1.82. The van der Waals surface area contributed by atoms with Crippen LogP contribution in [0.3, 0.4) is 0 Å². The number of nitrogens with zero attached hydrogens (tertiary/aromatic N) is 2. The summed E-state index contributed by atoms with van der Waals surface area (Å²) >= 11 is 7.08. The molecule has 2 N–H and O–H groups in total. The van der Waals surface area contributed by atoms with Crippen molar-refractivity contribution in [1.82, 2.24) is 15.1 Å². The van der Waals surface area contributed by atoms with Crippen molar-refractivity contribution >= 4 is 39.6 Å². The van der Waals surface area contributed by atoms with E-state index in [0.29, 0.717) is 10.7 Å². The van der Waals surface area contributed by atoms with Crippen LogP contribution in [0.4, 0.5) is 5.00 Å². The topological polar surface area (TPSA) is 68.2 Å². The minimum absolute atomic E-state index is 0.281. The maximum atomic E-state index is 12.4. The van der Waals surface area contributed by atoms with Crippen molar-refractivity contribution in [2.75, 3.05) is 19.0 Å². The van der Waals surface area contributed by atoms with Gasteiger partial charge in [0.15, 0.2) is 5.11 Å². The lowest BCUT2D eigenvalue weighted by molar-refractivity contribution is 0.0601. The maximum Gasteiger partial charge on any atom is 0.341 e. The van der Waals surface area contributed by atoms with Crippen molar-refractivity contribution in [3.05, 3.63) is 34.5 Å². The first-order valence-electron chi connectivity index (χ1n) is 9.44. The zero-order valence-corrected chi connectivity index (χ0v) is 17.3. The number of methoxy groups -OCH3 is 1. The number of hydrogen-bond donors (Lipinski definition) is 2. The molecule has 0 amide bonds. The standard InChI is InChI=1S/C19H26N4O2S2/c1-25-18(24)16-14-8-4-2-3-5-9-15(14)27-17(16)22-19(26)20-10-6-12-23-13-7-11-21-23/h7,11,13H,2-6,8-10,12H2,1H3,(H2,20,22,26). The first kappa shape index (κ1) is 19.8. The molecule has 2 aromatic heterocycles. The summed E-state index contributed by atoms with van der Waals surface area (Å²) in [5.74, 6) is -0.281. The number of carbonyl (C=O) groups excluding carboxylic acids is 1. The zero-order valence-electron chi connectivity index (χ0n) is 15.6. The number of carbonyl (C=O) groups is 1. The summed E-state index contributed by atoms with van der Waals surface area (Å²) in [6.45, 7) is 1.58. The van der Waals surface area contributed by atoms with Gasteiger partial charge in [0.2, 0.25) is 0 Å². The van der Waals surface area contributed by atoms with Crippen LogP contribution in [-0.4, -0.2) is 34.5 Å². The van der Waals surface area contributed by atoms with E-state index in [0.717, 1.165) is 49.3 Å². The SMILES string of the molecule is COC(=O)c1c(NC(=S)NCCCn2cccn2)sc2c1CCCCCC2. The minimum Gasteiger partial charge on any atom is -0.465 e. The van der Waals surface area contributed by atoms with Gasteiger partial charge >= 0.3 is 5.97 Å². The number of hydrogen-bond acceptors (Lipinski definition) is 5. The molecule has 0 saturated carbocycles. The third-order valence-corrected chi connectivity index (χ3v) is 6.15. The highest BCUT2D eigenvalue weighted by atomic mass is 32.1. The predicted molar refractivity (Wildman–Crippen MR) is 113 cm³/mol. The zero-order chi connectivity index (χ0) is 19.1. The van der Waals surface area contributed by atoms with E-state index in [1.807, 2.05) is 16.9 Å². The third-order valence-electron chi connectivity index (χ3n) is 4.70. The summed E-state index contributed by atoms with van der Waals surface area (Å²) < 4.78 is 6.94. The monoisotopic (exact) mass is 406 g/mol. The Hall–Kier alpha value is -1.93. The molecule has 146 valence electrons. The Morgan fingerprint density at radius 3 is 2.89 bits per heavy atom. The summed E-state index contributed by atoms with van der Waals surface area (Å²) in [7, 11) is 1.44. The van der Waals surface area contributed by atoms with Gasteiger partial charge in [0.25, 0.3) is 0 Å². The van der Waals surface area contributed by atoms with Crippen molar-refractivity contribution < 1.29 is 9.53 Å². The second-order valence-electron chi connectivity index (χ2n) is 6.62. The van der Waals surface area contributed by atoms with Gasteiger partial charge in [-0.1, -0.05) is 12.8 Å². The number of fused-ring (bicyclic) bond motifs is 1. The second-order valence-corrected chi connectivity index (χ2v) is 8.13. The van der Waals surface area contributed by atoms with Crippen LogP contribution in [0.2, 0.25) is 0 Å². The Kier molecular flexibility index (Phi) is 7.23. The molecule has 1 aliphatic carbocycles. The molecule has 1 aliphatic rings. The second kappa shape index (κ2) is 9.85. The third kappa shape index (κ3) is 5.29. The predicted octanol–water partition coefficient (Wildman–Crippen LogP) is 3.77. The van der Waals surface area contributed by atoms with Gasteiger partial charge in [0.1, 0.15) is 5.00 Å². The van der Waals surface area contributed by atoms with Gasteiger partial charge in [-0.3, -0.25) is 4.68 Å². The Balaban J connectivity index is 1.63. The molecule has 0 aliphatic heterocycles. The molecule has 3 rings (SSSR count). The summed E-state index contributed by atoms with van der Waals surface area (Å²) in [6.07, 6.45) is 11.3. The van der Waals surface area contributed by atoms with E-state index in [1.165, 1.54) is 31.2 Å². The number of rotatable bonds is 6. The van der Waals surface area contributed by atoms with Crippen LogP contribution < -0.4 is 10.6 Å². The number of anilines is 1. The molecule has 2 aromatic rings. The van der Waals surface area contributed by atoms with Crippen LogP contribution in [0, 0.1) is 0 Å². The number of aromatic nitrogens is 2. The lowest BCUT2D eigenvalue weighted by Crippen LogP contribution is -2.30. The number of ether oxygens (including phenoxy) is 1. The van der Waals surface area contributed by atoms with Gasteiger partial charge in [0.05, 0.1) is 12.7 Å². The number of thiophene rings is 1. The van der Waals surface area contributed by atoms with E-state index < -0.39 is 0 Å². The average molecular weight is 407 g/mol. The van der Waals surface area contributed by atoms with E-state index in [4.69, 9.17) is 17.0 Å². The van der Waals surface area contributed by atoms with Gasteiger partial charge in [0, 0.05) is 30.4 Å². The molecule has 0 atom stereocenters. The summed E-state index contributed by atoms with van der Waals surface area (Å²) in [4.78, 5) is 13.7. The Morgan fingerprint density at radius 2 is 2.15 bits per heavy atom. The highest BCUT2D eigenvalue weighted by Crippen LogP contribution is 2.37. The highest BCUT2D eigenvalue weighted by molar-refractivity contribution is 7.80. The Labute approximate surface area is 169 Å². The normalized spacial score (nSPS) is 14.0. The van der Waals surface area contributed by atoms with E-state index in [-0.39, 0.29) is 5.97 Å². The molecular formula is C19H26N4O2S2. The van der Waals surface area contributed by atoms with Crippen molar-refractivity contribution in [3.63, 3.8) is 0 Å². The number of esters is 1. The lowest BCUT2D eigenvalue weighted by Gasteiger charge is -2.12. The Bertz CT molecular complexity index is 771. The molecule has 6 nitrogen and oxygen atoms in total. The van der Waals surface area contributed by atoms with Crippen LogP contribution in [0.5, 0.6) is 0 Å². The molecular weight excluding hydrogens is 380 g/mol. The fourth-order valence-electron chi connectivity index (χ4n) is 3.35. The molecule has 0 radical (unpaired) electrons. The van der Waals surface area contributed by atoms with Crippen LogP contribution in [-0.2, 0) is 24.1 Å². The van der Waals surface area contributed by atoms with Crippen molar-refractivity contribution in [2.24, 2.45) is 0 Å². The fraction of sp³-hybridized carbons (Fsp3) is 0.526. The van der Waals surface area contributed by atoms with E-state index in [2.05, 4.69) is 15.7 Å². The molecule has 0 saturated heterocycles. The van der Waals surface area contributed by atoms with Crippen LogP contribution in [0.25, 0.3) is 0 Å². The maximum absolute atomic E-state index is 12.4. The first-order chi connectivity index (χ1) is 13.2. The van der Waals surface area contributed by atoms with Crippen LogP contribution in [0.15, 0.2) is 18.5 Å². The largest absolute Gasteiger partial charge is 0.465 e. The van der Waals surface area contributed by atoms with Gasteiger partial charge in [-0.05, 0) is 56.0 Å². The number of thiocarbonyl (C=S) groups is 1. The first-order valence-corrected chi connectivity index (χ1v) is 10.7. The van der Waals surface area contributed by atoms with Gasteiger partial charge in [-0.15, -0.1) is 11.3 Å². The highest BCUT2D eigenvalue weighted by Gasteiger charge is 2.25. The molecule has 0 aromatic carbocycles. The molecule has 8 heteroatoms. The summed E-state index contributed by atoms with van der Waals surface area (Å²) in [5, 5.41) is 12.0. The summed E-state index contributed by atoms with van der Waals surface area (Å²) in [6, 6.07) is 1.91. The van der Waals surface area contributed by atoms with Crippen molar-refractivity contribution in [2.45, 2.75) is 51.5 Å². The van der Waals surface area contributed by atoms with Crippen LogP contribution in [0.1, 0.15) is 52.9 Å². The minimum atomic E-state index is -0.281. The van der Waals surface area contributed by atoms with E-state index in [1.54, 1.807) is 17.5 Å². The molecule has 0 fully saturated rings. The van der Waals surface area contributed by atoms with E-state index in [9.17, 15) is 4.79 Å². The molecule has 0 unspecified atom stereocenters. The number of nitrogens with one attached hydrogen (secondary N) is 2. The van der Waals surface area contributed by atoms with Gasteiger partial charge < -0.3 is 15.4 Å². The van der Waals surface area contributed by atoms with Crippen LogP contribution >= 0.6 is 23.6 Å².